The number of piperazine rings is 1. The summed E-state index contributed by atoms with van der Waals surface area (Å²) in [6.45, 7) is 10.5. The van der Waals surface area contributed by atoms with Crippen LogP contribution in [0.4, 0.5) is 0 Å². The molecule has 3 fully saturated rings. The number of nitrogens with zero attached hydrogens (tertiary/aromatic N) is 3. The minimum Gasteiger partial charge on any atom is -0.497 e. The van der Waals surface area contributed by atoms with E-state index in [1.807, 2.05) is 36.9 Å². The summed E-state index contributed by atoms with van der Waals surface area (Å²) >= 11 is 0. The highest BCUT2D eigenvalue weighted by Crippen LogP contribution is 2.50. The van der Waals surface area contributed by atoms with Crippen LogP contribution in [0.5, 0.6) is 5.75 Å². The van der Waals surface area contributed by atoms with Crippen LogP contribution >= 0.6 is 0 Å². The lowest BCUT2D eigenvalue weighted by molar-refractivity contribution is -0.00329. The maximum Gasteiger partial charge on any atom is 0.253 e. The summed E-state index contributed by atoms with van der Waals surface area (Å²) in [5, 5.41) is 0. The maximum atomic E-state index is 12.9. The monoisotopic (exact) mass is 473 g/mol. The van der Waals surface area contributed by atoms with Gasteiger partial charge in [0.2, 0.25) is 0 Å². The van der Waals surface area contributed by atoms with Gasteiger partial charge in [0.05, 0.1) is 13.2 Å². The first-order valence-electron chi connectivity index (χ1n) is 13.3. The van der Waals surface area contributed by atoms with E-state index in [0.717, 1.165) is 30.9 Å². The van der Waals surface area contributed by atoms with E-state index in [9.17, 15) is 4.79 Å². The number of fused-ring (bicyclic) bond motifs is 6. The van der Waals surface area contributed by atoms with Crippen LogP contribution in [0.25, 0.3) is 0 Å². The highest BCUT2D eigenvalue weighted by Gasteiger charge is 2.56. The fourth-order valence-corrected chi connectivity index (χ4v) is 7.07. The van der Waals surface area contributed by atoms with E-state index >= 15 is 0 Å². The Morgan fingerprint density at radius 2 is 1.63 bits per heavy atom. The van der Waals surface area contributed by atoms with E-state index in [0.29, 0.717) is 24.2 Å². The van der Waals surface area contributed by atoms with Crippen molar-refractivity contribution in [1.29, 1.82) is 0 Å². The minimum absolute atomic E-state index is 0.107. The van der Waals surface area contributed by atoms with Crippen molar-refractivity contribution >= 4 is 5.91 Å². The van der Waals surface area contributed by atoms with E-state index in [1.165, 1.54) is 36.8 Å². The Balaban J connectivity index is 1.53. The van der Waals surface area contributed by atoms with Crippen LogP contribution in [-0.4, -0.2) is 71.5 Å². The molecule has 5 rings (SSSR count). The number of hydrogen-bond acceptors (Lipinski definition) is 4. The molecule has 2 aromatic rings. The smallest absolute Gasteiger partial charge is 0.253 e. The largest absolute Gasteiger partial charge is 0.497 e. The molecule has 0 N–H and O–H groups in total. The molecule has 3 saturated heterocycles. The summed E-state index contributed by atoms with van der Waals surface area (Å²) in [6.07, 6.45) is 7.12. The van der Waals surface area contributed by atoms with Crippen molar-refractivity contribution in [3.05, 3.63) is 77.9 Å². The Morgan fingerprint density at radius 1 is 1.00 bits per heavy atom. The molecule has 5 nitrogen and oxygen atoms in total. The van der Waals surface area contributed by atoms with Crippen LogP contribution in [0.1, 0.15) is 67.1 Å². The second-order valence-corrected chi connectivity index (χ2v) is 10.1. The molecule has 0 radical (unpaired) electrons. The summed E-state index contributed by atoms with van der Waals surface area (Å²) in [7, 11) is 1.74. The Hall–Kier alpha value is -2.63. The third-order valence-electron chi connectivity index (χ3n) is 8.59. The summed E-state index contributed by atoms with van der Waals surface area (Å²) in [5.74, 6) is 0.997. The summed E-state index contributed by atoms with van der Waals surface area (Å²) in [5.41, 5.74) is 3.28. The van der Waals surface area contributed by atoms with Crippen molar-refractivity contribution in [2.24, 2.45) is 0 Å². The molecule has 1 amide bonds. The third kappa shape index (κ3) is 4.19. The van der Waals surface area contributed by atoms with Gasteiger partial charge in [0.15, 0.2) is 0 Å². The highest BCUT2D eigenvalue weighted by molar-refractivity contribution is 5.94. The highest BCUT2D eigenvalue weighted by atomic mass is 16.5. The van der Waals surface area contributed by atoms with Gasteiger partial charge in [0.1, 0.15) is 5.75 Å². The number of carbonyl (C=O) groups is 1. The van der Waals surface area contributed by atoms with E-state index in [-0.39, 0.29) is 11.9 Å². The quantitative estimate of drug-likeness (QED) is 0.473. The van der Waals surface area contributed by atoms with E-state index in [4.69, 9.17) is 4.74 Å². The van der Waals surface area contributed by atoms with Gasteiger partial charge in [-0.15, -0.1) is 6.58 Å². The summed E-state index contributed by atoms with van der Waals surface area (Å²) in [4.78, 5) is 20.4. The van der Waals surface area contributed by atoms with Crippen LogP contribution in [0.2, 0.25) is 0 Å². The molecule has 5 atom stereocenters. The fourth-order valence-electron chi connectivity index (χ4n) is 7.07. The second kappa shape index (κ2) is 10.2. The number of methoxy groups -OCH3 is 1. The Bertz CT molecular complexity index is 1030. The number of ether oxygens (including phenoxy) is 1. The standard InChI is InChI=1S/C30H39N3O2/c1-5-19-32-25-15-16-26(32)28-18-17-27(25)33(28)29(23-9-8-10-24(20-23)35-4)21-11-13-22(14-12-21)30(34)31(6-2)7-3/h5,8-14,20,25-29H,1,6-7,15-19H2,2-4H3/t25?,26?,27-,28?,29?/m1/s1. The van der Waals surface area contributed by atoms with Gasteiger partial charge in [-0.2, -0.15) is 0 Å². The van der Waals surface area contributed by atoms with Crippen LogP contribution < -0.4 is 4.74 Å². The van der Waals surface area contributed by atoms with Crippen LogP contribution in [0.3, 0.4) is 0 Å². The predicted molar refractivity (Wildman–Crippen MR) is 141 cm³/mol. The normalized spacial score (nSPS) is 26.5. The molecule has 4 bridgehead atoms. The first-order chi connectivity index (χ1) is 17.1. The van der Waals surface area contributed by atoms with Crippen molar-refractivity contribution in [3.63, 3.8) is 0 Å². The minimum atomic E-state index is 0.107. The van der Waals surface area contributed by atoms with Crippen LogP contribution in [0.15, 0.2) is 61.2 Å². The molecule has 0 aliphatic carbocycles. The zero-order chi connectivity index (χ0) is 24.5. The van der Waals surface area contributed by atoms with Gasteiger partial charge >= 0.3 is 0 Å². The average Bonchev–Trinajstić information content (AvgIpc) is 3.40. The average molecular weight is 474 g/mol. The molecule has 4 unspecified atom stereocenters. The molecule has 2 aromatic carbocycles. The fraction of sp³-hybridized carbons (Fsp3) is 0.500. The summed E-state index contributed by atoms with van der Waals surface area (Å²) < 4.78 is 5.61. The topological polar surface area (TPSA) is 36.0 Å². The van der Waals surface area contributed by atoms with Gasteiger partial charge in [-0.1, -0.05) is 30.3 Å². The Labute approximate surface area is 210 Å². The van der Waals surface area contributed by atoms with Crippen molar-refractivity contribution in [3.8, 4) is 5.75 Å². The van der Waals surface area contributed by atoms with Crippen molar-refractivity contribution in [2.75, 3.05) is 26.7 Å². The molecule has 3 aliphatic rings. The number of hydrogen-bond donors (Lipinski definition) is 0. The van der Waals surface area contributed by atoms with Gasteiger partial charge in [-0.3, -0.25) is 14.6 Å². The molecule has 3 aliphatic heterocycles. The lowest BCUT2D eigenvalue weighted by atomic mass is 9.91. The van der Waals surface area contributed by atoms with Gasteiger partial charge in [-0.05, 0) is 74.9 Å². The van der Waals surface area contributed by atoms with Crippen molar-refractivity contribution < 1.29 is 9.53 Å². The Morgan fingerprint density at radius 3 is 2.20 bits per heavy atom. The second-order valence-electron chi connectivity index (χ2n) is 10.1. The van der Waals surface area contributed by atoms with E-state index in [1.54, 1.807) is 7.11 Å². The molecule has 5 heteroatoms. The lowest BCUT2D eigenvalue weighted by Crippen LogP contribution is -2.60. The molecule has 0 aromatic heterocycles. The van der Waals surface area contributed by atoms with E-state index < -0.39 is 0 Å². The van der Waals surface area contributed by atoms with Gasteiger partial charge in [0, 0.05) is 49.4 Å². The van der Waals surface area contributed by atoms with Gasteiger partial charge < -0.3 is 9.64 Å². The third-order valence-corrected chi connectivity index (χ3v) is 8.59. The molecule has 0 spiro atoms. The predicted octanol–water partition coefficient (Wildman–Crippen LogP) is 5.13. The first-order valence-corrected chi connectivity index (χ1v) is 13.3. The molecule has 186 valence electrons. The lowest BCUT2D eigenvalue weighted by Gasteiger charge is -2.50. The summed E-state index contributed by atoms with van der Waals surface area (Å²) in [6, 6.07) is 19.3. The number of carbonyl (C=O) groups excluding carboxylic acids is 1. The molecule has 0 saturated carbocycles. The number of rotatable bonds is 9. The molecule has 35 heavy (non-hydrogen) atoms. The van der Waals surface area contributed by atoms with Crippen LogP contribution in [0, 0.1) is 0 Å². The van der Waals surface area contributed by atoms with Gasteiger partial charge in [0.25, 0.3) is 5.91 Å². The number of benzene rings is 2. The molecule has 3 heterocycles. The molecular weight excluding hydrogens is 434 g/mol. The maximum absolute atomic E-state index is 12.9. The zero-order valence-electron chi connectivity index (χ0n) is 21.4. The first kappa shape index (κ1) is 24.1. The van der Waals surface area contributed by atoms with E-state index in [2.05, 4.69) is 52.8 Å². The number of amides is 1. The van der Waals surface area contributed by atoms with Crippen molar-refractivity contribution in [2.45, 2.75) is 69.7 Å². The van der Waals surface area contributed by atoms with Gasteiger partial charge in [-0.25, -0.2) is 0 Å². The molecular formula is C30H39N3O2. The van der Waals surface area contributed by atoms with Crippen molar-refractivity contribution in [1.82, 2.24) is 14.7 Å². The Kier molecular flexibility index (Phi) is 6.99. The van der Waals surface area contributed by atoms with Crippen LogP contribution in [-0.2, 0) is 0 Å². The zero-order valence-corrected chi connectivity index (χ0v) is 21.4. The SMILES string of the molecule is C=CCN1C2CCC1[C@H]1CCC2N1C(c1ccc(C(=O)N(CC)CC)cc1)c1cccc(OC)c1.